The molecular weight excluding hydrogens is 338 g/mol. The molecule has 0 radical (unpaired) electrons. The minimum atomic E-state index is 0.242. The van der Waals surface area contributed by atoms with Crippen molar-refractivity contribution in [2.24, 2.45) is 5.73 Å². The monoisotopic (exact) mass is 359 g/mol. The first-order valence-corrected chi connectivity index (χ1v) is 8.44. The topological polar surface area (TPSA) is 32.5 Å². The summed E-state index contributed by atoms with van der Waals surface area (Å²) in [6.45, 7) is 8.44. The summed E-state index contributed by atoms with van der Waals surface area (Å²) >= 11 is 9.76. The molecule has 1 fully saturated rings. The Labute approximate surface area is 135 Å². The predicted molar refractivity (Wildman–Crippen MR) is 89.3 cm³/mol. The zero-order valence-corrected chi connectivity index (χ0v) is 14.3. The molecule has 1 unspecified atom stereocenters. The van der Waals surface area contributed by atoms with Crippen LogP contribution < -0.4 is 5.73 Å². The van der Waals surface area contributed by atoms with Crippen molar-refractivity contribution >= 4 is 27.5 Å². The zero-order valence-electron chi connectivity index (χ0n) is 12.0. The van der Waals surface area contributed by atoms with Crippen molar-refractivity contribution in [2.45, 2.75) is 19.4 Å². The van der Waals surface area contributed by atoms with Crippen molar-refractivity contribution in [1.82, 2.24) is 9.80 Å². The van der Waals surface area contributed by atoms with Gasteiger partial charge in [-0.3, -0.25) is 4.90 Å². The molecule has 2 N–H and O–H groups in total. The van der Waals surface area contributed by atoms with Gasteiger partial charge in [-0.25, -0.2) is 0 Å². The molecule has 0 spiro atoms. The molecule has 0 aliphatic carbocycles. The van der Waals surface area contributed by atoms with E-state index in [0.29, 0.717) is 6.54 Å². The lowest BCUT2D eigenvalue weighted by Gasteiger charge is -2.39. The van der Waals surface area contributed by atoms with Gasteiger partial charge >= 0.3 is 0 Å². The summed E-state index contributed by atoms with van der Waals surface area (Å²) in [5.74, 6) is 0. The highest BCUT2D eigenvalue weighted by molar-refractivity contribution is 9.10. The van der Waals surface area contributed by atoms with Crippen LogP contribution >= 0.6 is 27.5 Å². The molecule has 1 aliphatic heterocycles. The van der Waals surface area contributed by atoms with Crippen molar-refractivity contribution in [3.8, 4) is 0 Å². The second-order valence-corrected chi connectivity index (χ2v) is 6.59. The molecule has 1 aromatic carbocycles. The van der Waals surface area contributed by atoms with E-state index < -0.39 is 0 Å². The van der Waals surface area contributed by atoms with Gasteiger partial charge < -0.3 is 10.6 Å². The molecule has 1 aliphatic rings. The molecule has 1 atom stereocenters. The van der Waals surface area contributed by atoms with Crippen LogP contribution in [-0.2, 0) is 0 Å². The van der Waals surface area contributed by atoms with Crippen LogP contribution in [0.5, 0.6) is 0 Å². The molecule has 0 bridgehead atoms. The molecule has 3 nitrogen and oxygen atoms in total. The molecule has 5 heteroatoms. The van der Waals surface area contributed by atoms with Gasteiger partial charge in [0.05, 0.1) is 0 Å². The first kappa shape index (κ1) is 16.2. The first-order valence-electron chi connectivity index (χ1n) is 7.27. The molecule has 1 heterocycles. The number of hydrogen-bond donors (Lipinski definition) is 1. The maximum Gasteiger partial charge on any atom is 0.0483 e. The van der Waals surface area contributed by atoms with Gasteiger partial charge in [0.15, 0.2) is 0 Å². The predicted octanol–water partition coefficient (Wildman–Crippen LogP) is 3.13. The zero-order chi connectivity index (χ0) is 14.5. The second-order valence-electron chi connectivity index (χ2n) is 5.29. The third kappa shape index (κ3) is 3.95. The van der Waals surface area contributed by atoms with Crippen molar-refractivity contribution in [3.63, 3.8) is 0 Å². The summed E-state index contributed by atoms with van der Waals surface area (Å²) in [6.07, 6.45) is 1.22. The number of nitrogens with two attached hydrogens (primary N) is 1. The molecule has 0 aromatic heterocycles. The van der Waals surface area contributed by atoms with Crippen LogP contribution in [0, 0.1) is 0 Å². The Hall–Kier alpha value is -0.130. The fourth-order valence-corrected chi connectivity index (χ4v) is 3.55. The molecule has 1 saturated heterocycles. The van der Waals surface area contributed by atoms with Gasteiger partial charge in [0, 0.05) is 48.3 Å². The summed E-state index contributed by atoms with van der Waals surface area (Å²) in [7, 11) is 0. The second kappa shape index (κ2) is 7.76. The molecule has 0 amide bonds. The van der Waals surface area contributed by atoms with E-state index in [2.05, 4.69) is 32.7 Å². The number of piperazine rings is 1. The Balaban J connectivity index is 2.07. The Bertz CT molecular complexity index is 433. The van der Waals surface area contributed by atoms with Crippen LogP contribution in [0.25, 0.3) is 0 Å². The summed E-state index contributed by atoms with van der Waals surface area (Å²) in [5.41, 5.74) is 7.23. The number of benzene rings is 1. The third-order valence-electron chi connectivity index (χ3n) is 3.93. The van der Waals surface area contributed by atoms with E-state index in [4.69, 9.17) is 17.3 Å². The van der Waals surface area contributed by atoms with Gasteiger partial charge in [-0.15, -0.1) is 0 Å². The highest BCUT2D eigenvalue weighted by atomic mass is 79.9. The molecular formula is C15H23BrClN3. The van der Waals surface area contributed by atoms with Crippen LogP contribution in [-0.4, -0.2) is 49.1 Å². The van der Waals surface area contributed by atoms with Crippen LogP contribution in [0.15, 0.2) is 22.7 Å². The van der Waals surface area contributed by atoms with Crippen molar-refractivity contribution in [1.29, 1.82) is 0 Å². The average molecular weight is 361 g/mol. The van der Waals surface area contributed by atoms with Gasteiger partial charge in [-0.1, -0.05) is 34.5 Å². The largest absolute Gasteiger partial charge is 0.329 e. The highest BCUT2D eigenvalue weighted by Gasteiger charge is 2.25. The van der Waals surface area contributed by atoms with E-state index in [9.17, 15) is 0 Å². The highest BCUT2D eigenvalue weighted by Crippen LogP contribution is 2.30. The molecule has 1 aromatic rings. The number of halogens is 2. The summed E-state index contributed by atoms with van der Waals surface area (Å²) in [6, 6.07) is 6.18. The molecule has 2 rings (SSSR count). The lowest BCUT2D eigenvalue weighted by Crippen LogP contribution is -2.49. The lowest BCUT2D eigenvalue weighted by molar-refractivity contribution is 0.0983. The molecule has 112 valence electrons. The van der Waals surface area contributed by atoms with Crippen LogP contribution in [0.3, 0.4) is 0 Å². The van der Waals surface area contributed by atoms with Crippen LogP contribution in [0.2, 0.25) is 5.02 Å². The third-order valence-corrected chi connectivity index (χ3v) is 4.89. The van der Waals surface area contributed by atoms with Gasteiger partial charge in [0.25, 0.3) is 0 Å². The first-order chi connectivity index (χ1) is 9.65. The molecule has 0 saturated carbocycles. The van der Waals surface area contributed by atoms with Gasteiger partial charge in [-0.2, -0.15) is 0 Å². The van der Waals surface area contributed by atoms with Crippen LogP contribution in [0.4, 0.5) is 0 Å². The average Bonchev–Trinajstić information content (AvgIpc) is 2.45. The Kier molecular flexibility index (Phi) is 6.30. The summed E-state index contributed by atoms with van der Waals surface area (Å²) in [5, 5.41) is 0.770. The van der Waals surface area contributed by atoms with Crippen molar-refractivity contribution in [3.05, 3.63) is 33.3 Å². The normalized spacial score (nSPS) is 19.2. The SMILES string of the molecule is CCCN1CCN(C(CN)c2cc(Cl)ccc2Br)CC1. The van der Waals surface area contributed by atoms with Crippen molar-refractivity contribution in [2.75, 3.05) is 39.3 Å². The Morgan fingerprint density at radius 3 is 2.60 bits per heavy atom. The van der Waals surface area contributed by atoms with E-state index in [1.165, 1.54) is 18.5 Å². The fourth-order valence-electron chi connectivity index (χ4n) is 2.86. The Morgan fingerprint density at radius 1 is 1.30 bits per heavy atom. The molecule has 20 heavy (non-hydrogen) atoms. The van der Waals surface area contributed by atoms with Gasteiger partial charge in [0.2, 0.25) is 0 Å². The van der Waals surface area contributed by atoms with Crippen molar-refractivity contribution < 1.29 is 0 Å². The van der Waals surface area contributed by atoms with Gasteiger partial charge in [0.1, 0.15) is 0 Å². The number of hydrogen-bond acceptors (Lipinski definition) is 3. The maximum absolute atomic E-state index is 6.13. The quantitative estimate of drug-likeness (QED) is 0.875. The Morgan fingerprint density at radius 2 is 2.00 bits per heavy atom. The van der Waals surface area contributed by atoms with E-state index in [1.54, 1.807) is 0 Å². The smallest absolute Gasteiger partial charge is 0.0483 e. The van der Waals surface area contributed by atoms with E-state index in [1.807, 2.05) is 18.2 Å². The van der Waals surface area contributed by atoms with Gasteiger partial charge in [-0.05, 0) is 36.7 Å². The standard InChI is InChI=1S/C15H23BrClN3/c1-2-5-19-6-8-20(9-7-19)15(11-18)13-10-12(17)3-4-14(13)16/h3-4,10,15H,2,5-9,11,18H2,1H3. The minimum absolute atomic E-state index is 0.242. The van der Waals surface area contributed by atoms with E-state index in [-0.39, 0.29) is 6.04 Å². The lowest BCUT2D eigenvalue weighted by atomic mass is 10.0. The van der Waals surface area contributed by atoms with E-state index in [0.717, 1.165) is 35.7 Å². The maximum atomic E-state index is 6.13. The summed E-state index contributed by atoms with van der Waals surface area (Å²) < 4.78 is 1.09. The van der Waals surface area contributed by atoms with Crippen LogP contribution in [0.1, 0.15) is 24.9 Å². The minimum Gasteiger partial charge on any atom is -0.329 e. The van der Waals surface area contributed by atoms with E-state index >= 15 is 0 Å². The number of nitrogens with zero attached hydrogens (tertiary/aromatic N) is 2. The fraction of sp³-hybridized carbons (Fsp3) is 0.600. The summed E-state index contributed by atoms with van der Waals surface area (Å²) in [4.78, 5) is 5.00. The number of rotatable bonds is 5.